The fourth-order valence-corrected chi connectivity index (χ4v) is 6.18. The molecule has 3 heterocycles. The topological polar surface area (TPSA) is 115 Å². The van der Waals surface area contributed by atoms with Gasteiger partial charge in [0, 0.05) is 17.7 Å². The second-order valence-corrected chi connectivity index (χ2v) is 12.0. The van der Waals surface area contributed by atoms with E-state index in [1.807, 2.05) is 52.0 Å². The molecular formula is C31H38N2O8. The van der Waals surface area contributed by atoms with Gasteiger partial charge in [-0.15, -0.1) is 0 Å². The Kier molecular flexibility index (Phi) is 7.63. The molecule has 2 amide bonds. The van der Waals surface area contributed by atoms with Crippen LogP contribution in [0, 0.1) is 12.3 Å². The molecular weight excluding hydrogens is 528 g/mol. The molecule has 10 nitrogen and oxygen atoms in total. The minimum absolute atomic E-state index is 0.284. The van der Waals surface area contributed by atoms with Gasteiger partial charge in [0.25, 0.3) is 5.91 Å². The second kappa shape index (κ2) is 10.9. The molecule has 3 aliphatic heterocycles. The van der Waals surface area contributed by atoms with E-state index in [1.54, 1.807) is 25.2 Å². The highest BCUT2D eigenvalue weighted by molar-refractivity contribution is 6.03. The number of carboxylic acids is 1. The van der Waals surface area contributed by atoms with Crippen molar-refractivity contribution in [1.29, 1.82) is 0 Å². The minimum atomic E-state index is -1.18. The fraction of sp³-hybridized carbons (Fsp3) is 0.516. The zero-order valence-corrected chi connectivity index (χ0v) is 24.4. The summed E-state index contributed by atoms with van der Waals surface area (Å²) in [6, 6.07) is 8.09. The van der Waals surface area contributed by atoms with Crippen LogP contribution in [0.2, 0.25) is 0 Å². The van der Waals surface area contributed by atoms with Crippen molar-refractivity contribution in [2.75, 3.05) is 32.3 Å². The lowest BCUT2D eigenvalue weighted by molar-refractivity contribution is -0.151. The number of rotatable bonds is 6. The van der Waals surface area contributed by atoms with Gasteiger partial charge in [-0.1, -0.05) is 39.0 Å². The number of benzene rings is 2. The van der Waals surface area contributed by atoms with E-state index in [9.17, 15) is 19.5 Å². The third-order valence-electron chi connectivity index (χ3n) is 8.23. The number of hydrogen-bond donors (Lipinski definition) is 1. The number of aliphatic carboxylic acids is 1. The first-order chi connectivity index (χ1) is 19.5. The Hall–Kier alpha value is -3.79. The van der Waals surface area contributed by atoms with Crippen LogP contribution in [0.5, 0.6) is 17.2 Å². The molecule has 5 rings (SSSR count). The maximum absolute atomic E-state index is 14.5. The largest absolute Gasteiger partial charge is 0.493 e. The molecule has 4 atom stereocenters. The Morgan fingerprint density at radius 3 is 2.54 bits per heavy atom. The van der Waals surface area contributed by atoms with E-state index < -0.39 is 30.1 Å². The number of nitrogens with zero attached hydrogens (tertiary/aromatic N) is 2. The van der Waals surface area contributed by atoms with Crippen LogP contribution < -0.4 is 19.1 Å². The van der Waals surface area contributed by atoms with Crippen molar-refractivity contribution in [3.63, 3.8) is 0 Å². The number of carbonyl (C=O) groups excluding carboxylic acids is 2. The van der Waals surface area contributed by atoms with E-state index >= 15 is 0 Å². The number of carbonyl (C=O) groups is 3. The van der Waals surface area contributed by atoms with Gasteiger partial charge in [0.1, 0.15) is 30.6 Å². The van der Waals surface area contributed by atoms with Gasteiger partial charge in [-0.2, -0.15) is 0 Å². The zero-order valence-electron chi connectivity index (χ0n) is 24.4. The maximum atomic E-state index is 14.5. The molecule has 0 aromatic heterocycles. The van der Waals surface area contributed by atoms with Crippen LogP contribution in [0.1, 0.15) is 62.8 Å². The highest BCUT2D eigenvalue weighted by Crippen LogP contribution is 2.51. The van der Waals surface area contributed by atoms with Crippen LogP contribution in [0.3, 0.4) is 0 Å². The number of hydrogen-bond acceptors (Lipinski definition) is 7. The quantitative estimate of drug-likeness (QED) is 0.556. The van der Waals surface area contributed by atoms with Gasteiger partial charge < -0.3 is 29.0 Å². The molecule has 0 spiro atoms. The molecule has 0 radical (unpaired) electrons. The molecule has 1 fully saturated rings. The second-order valence-electron chi connectivity index (χ2n) is 12.0. The van der Waals surface area contributed by atoms with E-state index in [-0.39, 0.29) is 30.4 Å². The number of anilines is 1. The summed E-state index contributed by atoms with van der Waals surface area (Å²) in [5.74, 6) is -0.301. The van der Waals surface area contributed by atoms with Crippen molar-refractivity contribution >= 4 is 23.5 Å². The summed E-state index contributed by atoms with van der Waals surface area (Å²) in [6.07, 6.45) is -1.30. The van der Waals surface area contributed by atoms with E-state index in [2.05, 4.69) is 0 Å². The molecule has 0 aliphatic carbocycles. The Labute approximate surface area is 240 Å². The van der Waals surface area contributed by atoms with Gasteiger partial charge >= 0.3 is 5.97 Å². The predicted molar refractivity (Wildman–Crippen MR) is 151 cm³/mol. The number of likely N-dealkylation sites (tertiary alicyclic amines) is 1. The van der Waals surface area contributed by atoms with Crippen LogP contribution in [-0.4, -0.2) is 73.3 Å². The molecule has 2 aromatic carbocycles. The smallest absolute Gasteiger partial charge is 0.326 e. The Bertz CT molecular complexity index is 1370. The van der Waals surface area contributed by atoms with Crippen LogP contribution in [0.25, 0.3) is 0 Å². The molecule has 1 saturated heterocycles. The summed E-state index contributed by atoms with van der Waals surface area (Å²) >= 11 is 0. The van der Waals surface area contributed by atoms with Gasteiger partial charge in [-0.25, -0.2) is 4.79 Å². The fourth-order valence-electron chi connectivity index (χ4n) is 6.18. The summed E-state index contributed by atoms with van der Waals surface area (Å²) in [7, 11) is 3.09. The average molecular weight is 567 g/mol. The van der Waals surface area contributed by atoms with Crippen molar-refractivity contribution in [3.8, 4) is 17.2 Å². The summed E-state index contributed by atoms with van der Waals surface area (Å²) in [4.78, 5) is 43.0. The molecule has 10 heteroatoms. The Morgan fingerprint density at radius 1 is 1.12 bits per heavy atom. The summed E-state index contributed by atoms with van der Waals surface area (Å²) in [6.45, 7) is 8.70. The summed E-state index contributed by atoms with van der Waals surface area (Å²) in [5, 5.41) is 9.68. The van der Waals surface area contributed by atoms with Crippen molar-refractivity contribution in [2.24, 2.45) is 5.41 Å². The molecule has 2 aromatic rings. The first kappa shape index (κ1) is 28.7. The van der Waals surface area contributed by atoms with Crippen LogP contribution in [-0.2, 0) is 19.1 Å². The average Bonchev–Trinajstić information content (AvgIpc) is 3.39. The van der Waals surface area contributed by atoms with Crippen molar-refractivity contribution in [3.05, 3.63) is 47.0 Å². The molecule has 0 unspecified atom stereocenters. The highest BCUT2D eigenvalue weighted by atomic mass is 16.5. The first-order valence-electron chi connectivity index (χ1n) is 13.9. The number of ether oxygens (including phenoxy) is 4. The molecule has 0 saturated carbocycles. The van der Waals surface area contributed by atoms with Crippen LogP contribution in [0.4, 0.5) is 5.69 Å². The van der Waals surface area contributed by atoms with E-state index in [1.165, 1.54) is 4.90 Å². The van der Waals surface area contributed by atoms with E-state index in [0.29, 0.717) is 53.4 Å². The van der Waals surface area contributed by atoms with Crippen molar-refractivity contribution in [1.82, 2.24) is 4.90 Å². The van der Waals surface area contributed by atoms with E-state index in [4.69, 9.17) is 18.9 Å². The Morgan fingerprint density at radius 2 is 1.88 bits per heavy atom. The van der Waals surface area contributed by atoms with Gasteiger partial charge in [-0.05, 0) is 42.9 Å². The maximum Gasteiger partial charge on any atom is 0.326 e. The number of amides is 2. The lowest BCUT2D eigenvalue weighted by atomic mass is 9.84. The normalized spacial score (nSPS) is 23.9. The third kappa shape index (κ3) is 5.09. The monoisotopic (exact) mass is 566 g/mol. The summed E-state index contributed by atoms with van der Waals surface area (Å²) in [5.41, 5.74) is 2.52. The van der Waals surface area contributed by atoms with Crippen LogP contribution >= 0.6 is 0 Å². The zero-order chi connectivity index (χ0) is 29.6. The van der Waals surface area contributed by atoms with Gasteiger partial charge in [0.15, 0.2) is 11.5 Å². The Balaban J connectivity index is 1.68. The van der Waals surface area contributed by atoms with E-state index in [0.717, 1.165) is 5.56 Å². The van der Waals surface area contributed by atoms with Gasteiger partial charge in [0.05, 0.1) is 32.4 Å². The third-order valence-corrected chi connectivity index (χ3v) is 8.23. The molecule has 3 aliphatic rings. The molecule has 0 bridgehead atoms. The SMILES string of the molecule is COc1cccc([C@H]2O[C@H](CC(=O)N3CCC[C@@H]3C(=O)O)C(=O)N3c4c(cc(C)cc42)OC[C@H]3C(C)(C)C)c1OC. The number of carboxylic acid groups (broad SMARTS) is 1. The molecule has 220 valence electrons. The molecule has 41 heavy (non-hydrogen) atoms. The number of methoxy groups -OCH3 is 2. The first-order valence-corrected chi connectivity index (χ1v) is 13.9. The predicted octanol–water partition coefficient (Wildman–Crippen LogP) is 4.11. The lowest BCUT2D eigenvalue weighted by Crippen LogP contribution is -2.56. The lowest BCUT2D eigenvalue weighted by Gasteiger charge is -2.44. The van der Waals surface area contributed by atoms with Gasteiger partial charge in [0.2, 0.25) is 5.91 Å². The number of para-hydroxylation sites is 1. The van der Waals surface area contributed by atoms with Crippen LogP contribution in [0.15, 0.2) is 30.3 Å². The van der Waals surface area contributed by atoms with Gasteiger partial charge in [-0.3, -0.25) is 14.5 Å². The summed E-state index contributed by atoms with van der Waals surface area (Å²) < 4.78 is 24.3. The standard InChI is InChI=1S/C31H38N2O8/c1-17-13-19-26-22(14-17)40-16-24(31(2,3)4)33(26)29(35)23(15-25(34)32-12-8-10-20(32)30(36)37)41-27(19)18-9-7-11-21(38-5)28(18)39-6/h7,9,11,13-14,20,23-24,27H,8,10,12,15-16H2,1-6H3,(H,36,37)/t20-,23-,24+,27-/m1/s1. The van der Waals surface area contributed by atoms with Crippen molar-refractivity contribution in [2.45, 2.75) is 71.2 Å². The number of aryl methyl sites for hydroxylation is 1. The highest BCUT2D eigenvalue weighted by Gasteiger charge is 2.48. The molecule has 1 N–H and O–H groups in total. The van der Waals surface area contributed by atoms with Crippen molar-refractivity contribution < 1.29 is 38.4 Å². The minimum Gasteiger partial charge on any atom is -0.493 e.